The summed E-state index contributed by atoms with van der Waals surface area (Å²) < 4.78 is 19.6. The van der Waals surface area contributed by atoms with E-state index >= 15 is 0 Å². The first kappa shape index (κ1) is 27.5. The molecule has 0 spiro atoms. The summed E-state index contributed by atoms with van der Waals surface area (Å²) in [6.07, 6.45) is 21.2. The largest absolute Gasteiger partial charge is 0.489 e. The molecule has 2 aliphatic rings. The number of nitrogens with zero attached hydrogens (tertiary/aromatic N) is 1. The summed E-state index contributed by atoms with van der Waals surface area (Å²) in [7, 11) is 0. The number of ether oxygens (including phenoxy) is 1. The van der Waals surface area contributed by atoms with E-state index in [0.29, 0.717) is 12.2 Å². The summed E-state index contributed by atoms with van der Waals surface area (Å²) in [5.41, 5.74) is 1.15. The van der Waals surface area contributed by atoms with E-state index in [1.165, 1.54) is 77.0 Å². The van der Waals surface area contributed by atoms with Crippen LogP contribution < -0.4 is 4.74 Å². The number of aromatic nitrogens is 1. The standard InChI is InChI=1S/C31H52FNO/c1-4-6-7-8-9-29(32)23-34-31-21-20-30(33-22-31)19-14-26-12-17-28(18-13-26)24(3)27-15-10-25(5-2)11-16-27/h20-22,24-29H,4-19,23H2,1-3H3. The van der Waals surface area contributed by atoms with Gasteiger partial charge in [-0.3, -0.25) is 4.98 Å². The molecule has 2 aliphatic carbocycles. The minimum atomic E-state index is -0.874. The van der Waals surface area contributed by atoms with Gasteiger partial charge in [0.25, 0.3) is 0 Å². The number of rotatable bonds is 14. The molecule has 1 heterocycles. The average molecular weight is 474 g/mol. The van der Waals surface area contributed by atoms with Crippen LogP contribution in [0.25, 0.3) is 0 Å². The van der Waals surface area contributed by atoms with Gasteiger partial charge in [0, 0.05) is 5.69 Å². The Bertz CT molecular complexity index is 646. The molecule has 2 atom stereocenters. The summed E-state index contributed by atoms with van der Waals surface area (Å²) >= 11 is 0. The van der Waals surface area contributed by atoms with Crippen molar-refractivity contribution >= 4 is 0 Å². The predicted molar refractivity (Wildman–Crippen MR) is 142 cm³/mol. The summed E-state index contributed by atoms with van der Waals surface area (Å²) in [5.74, 6) is 5.44. The second kappa shape index (κ2) is 15.1. The zero-order valence-electron chi connectivity index (χ0n) is 22.5. The normalized spacial score (nSPS) is 27.3. The molecular formula is C31H52FNO. The number of hydrogen-bond acceptors (Lipinski definition) is 2. The van der Waals surface area contributed by atoms with Crippen LogP contribution in [0.4, 0.5) is 4.39 Å². The second-order valence-corrected chi connectivity index (χ2v) is 11.6. The van der Waals surface area contributed by atoms with Crippen LogP contribution in [0.3, 0.4) is 0 Å². The molecule has 3 heteroatoms. The third kappa shape index (κ3) is 9.15. The highest BCUT2D eigenvalue weighted by molar-refractivity contribution is 5.20. The van der Waals surface area contributed by atoms with Gasteiger partial charge in [0.05, 0.1) is 6.20 Å². The van der Waals surface area contributed by atoms with Crippen molar-refractivity contribution in [3.8, 4) is 5.75 Å². The maximum atomic E-state index is 14.0. The van der Waals surface area contributed by atoms with Crippen LogP contribution in [0.1, 0.15) is 123 Å². The quantitative estimate of drug-likeness (QED) is 0.251. The molecule has 0 bridgehead atoms. The molecule has 0 amide bonds. The van der Waals surface area contributed by atoms with Crippen molar-refractivity contribution in [1.82, 2.24) is 4.98 Å². The Kier molecular flexibility index (Phi) is 12.2. The monoisotopic (exact) mass is 473 g/mol. The molecule has 2 nitrogen and oxygen atoms in total. The van der Waals surface area contributed by atoms with E-state index in [0.717, 1.165) is 54.5 Å². The minimum Gasteiger partial charge on any atom is -0.489 e. The molecule has 3 rings (SSSR count). The number of aryl methyl sites for hydroxylation is 1. The lowest BCUT2D eigenvalue weighted by Gasteiger charge is -2.39. The first-order valence-corrected chi connectivity index (χ1v) is 14.8. The van der Waals surface area contributed by atoms with Gasteiger partial charge in [0.1, 0.15) is 18.5 Å². The molecule has 2 fully saturated rings. The first-order valence-electron chi connectivity index (χ1n) is 14.8. The number of hydrogen-bond donors (Lipinski definition) is 0. The van der Waals surface area contributed by atoms with Gasteiger partial charge < -0.3 is 4.74 Å². The average Bonchev–Trinajstić information content (AvgIpc) is 2.89. The molecule has 0 N–H and O–H groups in total. The van der Waals surface area contributed by atoms with Gasteiger partial charge in [-0.1, -0.05) is 78.6 Å². The lowest BCUT2D eigenvalue weighted by Crippen LogP contribution is -2.28. The van der Waals surface area contributed by atoms with Crippen LogP contribution in [0.15, 0.2) is 18.3 Å². The molecule has 34 heavy (non-hydrogen) atoms. The minimum absolute atomic E-state index is 0.148. The van der Waals surface area contributed by atoms with Gasteiger partial charge in [0.2, 0.25) is 0 Å². The van der Waals surface area contributed by atoms with Crippen LogP contribution in [0.5, 0.6) is 5.75 Å². The summed E-state index contributed by atoms with van der Waals surface area (Å²) in [5, 5.41) is 0. The smallest absolute Gasteiger partial charge is 0.137 e. The molecule has 0 saturated heterocycles. The second-order valence-electron chi connectivity index (χ2n) is 11.6. The van der Waals surface area contributed by atoms with Gasteiger partial charge in [-0.15, -0.1) is 0 Å². The Balaban J connectivity index is 1.30. The summed E-state index contributed by atoms with van der Waals surface area (Å²) in [6.45, 7) is 7.25. The highest BCUT2D eigenvalue weighted by Gasteiger charge is 2.31. The third-order valence-corrected chi connectivity index (χ3v) is 9.26. The van der Waals surface area contributed by atoms with Crippen LogP contribution >= 0.6 is 0 Å². The molecule has 194 valence electrons. The molecular weight excluding hydrogens is 421 g/mol. The fourth-order valence-corrected chi connectivity index (χ4v) is 6.57. The molecule has 0 aromatic carbocycles. The van der Waals surface area contributed by atoms with Crippen molar-refractivity contribution in [2.75, 3.05) is 6.61 Å². The SMILES string of the molecule is CCCCCCC(F)COc1ccc(CCC2CCC(C(C)C3CCC(CC)CC3)CC2)nc1. The number of pyridine rings is 1. The third-order valence-electron chi connectivity index (χ3n) is 9.26. The van der Waals surface area contributed by atoms with Gasteiger partial charge in [-0.25, -0.2) is 4.39 Å². The zero-order chi connectivity index (χ0) is 24.2. The molecule has 0 aliphatic heterocycles. The molecule has 2 saturated carbocycles. The van der Waals surface area contributed by atoms with Crippen molar-refractivity contribution in [2.45, 2.75) is 130 Å². The van der Waals surface area contributed by atoms with Crippen molar-refractivity contribution in [1.29, 1.82) is 0 Å². The summed E-state index contributed by atoms with van der Waals surface area (Å²) in [4.78, 5) is 4.60. The maximum absolute atomic E-state index is 14.0. The molecule has 0 radical (unpaired) electrons. The van der Waals surface area contributed by atoms with Crippen molar-refractivity contribution in [2.24, 2.45) is 29.6 Å². The van der Waals surface area contributed by atoms with Crippen LogP contribution in [-0.2, 0) is 6.42 Å². The number of alkyl halides is 1. The number of unbranched alkanes of at least 4 members (excludes halogenated alkanes) is 3. The van der Waals surface area contributed by atoms with E-state index in [-0.39, 0.29) is 6.61 Å². The fraction of sp³-hybridized carbons (Fsp3) is 0.839. The van der Waals surface area contributed by atoms with Gasteiger partial charge in [-0.05, 0) is 86.7 Å². The van der Waals surface area contributed by atoms with E-state index in [4.69, 9.17) is 4.74 Å². The molecule has 1 aromatic rings. The summed E-state index contributed by atoms with van der Waals surface area (Å²) in [6, 6.07) is 4.04. The van der Waals surface area contributed by atoms with Crippen molar-refractivity contribution in [3.63, 3.8) is 0 Å². The van der Waals surface area contributed by atoms with E-state index < -0.39 is 6.17 Å². The number of halogens is 1. The van der Waals surface area contributed by atoms with Crippen molar-refractivity contribution in [3.05, 3.63) is 24.0 Å². The topological polar surface area (TPSA) is 22.1 Å². The van der Waals surface area contributed by atoms with E-state index in [2.05, 4.69) is 31.8 Å². The van der Waals surface area contributed by atoms with Gasteiger partial charge >= 0.3 is 0 Å². The Morgan fingerprint density at radius 3 is 2.18 bits per heavy atom. The maximum Gasteiger partial charge on any atom is 0.137 e. The van der Waals surface area contributed by atoms with E-state index in [1.807, 2.05) is 6.07 Å². The predicted octanol–water partition coefficient (Wildman–Crippen LogP) is 9.36. The molecule has 1 aromatic heterocycles. The lowest BCUT2D eigenvalue weighted by molar-refractivity contribution is 0.122. The lowest BCUT2D eigenvalue weighted by atomic mass is 9.67. The van der Waals surface area contributed by atoms with Gasteiger partial charge in [-0.2, -0.15) is 0 Å². The van der Waals surface area contributed by atoms with Gasteiger partial charge in [0.15, 0.2) is 0 Å². The fourth-order valence-electron chi connectivity index (χ4n) is 6.57. The van der Waals surface area contributed by atoms with Crippen LogP contribution in [0.2, 0.25) is 0 Å². The van der Waals surface area contributed by atoms with E-state index in [9.17, 15) is 4.39 Å². The molecule has 2 unspecified atom stereocenters. The van der Waals surface area contributed by atoms with Crippen LogP contribution in [-0.4, -0.2) is 17.8 Å². The van der Waals surface area contributed by atoms with Crippen LogP contribution in [0, 0.1) is 29.6 Å². The Morgan fingerprint density at radius 1 is 0.912 bits per heavy atom. The Morgan fingerprint density at radius 2 is 1.59 bits per heavy atom. The Labute approximate surface area is 209 Å². The zero-order valence-corrected chi connectivity index (χ0v) is 22.5. The highest BCUT2D eigenvalue weighted by Crippen LogP contribution is 2.43. The first-order chi connectivity index (χ1) is 16.6. The van der Waals surface area contributed by atoms with Crippen molar-refractivity contribution < 1.29 is 9.13 Å². The van der Waals surface area contributed by atoms with E-state index in [1.54, 1.807) is 6.20 Å². The Hall–Kier alpha value is -1.12. The highest BCUT2D eigenvalue weighted by atomic mass is 19.1.